The second-order valence-corrected chi connectivity index (χ2v) is 16.5. The van der Waals surface area contributed by atoms with Gasteiger partial charge in [0.05, 0.1) is 36.4 Å². The lowest BCUT2D eigenvalue weighted by molar-refractivity contribution is -0.256. The molecule has 4 aromatic rings. The molecule has 11 nitrogen and oxygen atoms in total. The topological polar surface area (TPSA) is 132 Å². The molecule has 2 heterocycles. The number of unbranched alkanes of at least 4 members (excludes halogenated alkanes) is 2. The Balaban J connectivity index is 1.43. The molecule has 0 radical (unpaired) electrons. The van der Waals surface area contributed by atoms with E-state index in [0.29, 0.717) is 30.1 Å². The Morgan fingerprint density at radius 1 is 1.03 bits per heavy atom. The molecule has 0 spiro atoms. The minimum atomic E-state index is -1.45. The molecule has 6 atom stereocenters. The van der Waals surface area contributed by atoms with Crippen molar-refractivity contribution < 1.29 is 38.8 Å². The minimum Gasteiger partial charge on any atom is -0.487 e. The smallest absolute Gasteiger partial charge is 0.410 e. The van der Waals surface area contributed by atoms with Gasteiger partial charge in [0.1, 0.15) is 37.9 Å². The standard InChI is InChI=1S/C49H58ClN3O8/c1-4-26-60-49-45(53(48(56)58-27-23-50)31-36-17-12-16-34-14-5-6-19-39(34)36)30-43(52-57-3)41-28-35(15-7-9-24-54)40(20-8-10-25-55)46(47(41)49)42-29-38(21-22-44(42)61-49)59-32-37-18-11-13-33(2)51-37/h4-6,11-14,16-19,21-22,28-29,35,40,45-47,54-55H,1,7-10,15,20,23-27,30-32H2,2-3H3/t35-,40+,45-,46+,47+,49+/m0/s1. The zero-order valence-electron chi connectivity index (χ0n) is 35.2. The van der Waals surface area contributed by atoms with Crippen molar-refractivity contribution in [1.29, 1.82) is 0 Å². The molecule has 12 heteroatoms. The third kappa shape index (κ3) is 9.60. The quantitative estimate of drug-likeness (QED) is 0.0387. The number of aliphatic hydroxyl groups excluding tert-OH is 2. The molecule has 0 saturated heterocycles. The third-order valence-corrected chi connectivity index (χ3v) is 12.5. The summed E-state index contributed by atoms with van der Waals surface area (Å²) in [7, 11) is 1.54. The van der Waals surface area contributed by atoms with Crippen molar-refractivity contribution in [2.45, 2.75) is 82.8 Å². The summed E-state index contributed by atoms with van der Waals surface area (Å²) in [6.07, 6.45) is 8.33. The van der Waals surface area contributed by atoms with Gasteiger partial charge in [-0.1, -0.05) is 78.7 Å². The number of nitrogens with zero attached hydrogens (tertiary/aromatic N) is 3. The maximum Gasteiger partial charge on any atom is 0.410 e. The molecular weight excluding hydrogens is 794 g/mol. The van der Waals surface area contributed by atoms with Crippen molar-refractivity contribution >= 4 is 34.2 Å². The molecular formula is C49H58ClN3O8. The van der Waals surface area contributed by atoms with Crippen LogP contribution in [-0.2, 0) is 27.5 Å². The van der Waals surface area contributed by atoms with Crippen LogP contribution in [0.5, 0.6) is 11.5 Å². The number of allylic oxidation sites excluding steroid dienone is 1. The number of rotatable bonds is 20. The van der Waals surface area contributed by atoms with Crippen LogP contribution in [0, 0.1) is 24.7 Å². The van der Waals surface area contributed by atoms with Crippen LogP contribution in [0.15, 0.2) is 108 Å². The molecule has 1 aromatic heterocycles. The molecule has 2 aliphatic carbocycles. The highest BCUT2D eigenvalue weighted by Gasteiger charge is 2.65. The van der Waals surface area contributed by atoms with Crippen molar-refractivity contribution in [1.82, 2.24) is 9.88 Å². The summed E-state index contributed by atoms with van der Waals surface area (Å²) in [5.74, 6) is -0.567. The second-order valence-electron chi connectivity index (χ2n) is 16.1. The summed E-state index contributed by atoms with van der Waals surface area (Å²) in [6.45, 7) is 6.83. The molecule has 1 aliphatic heterocycles. The Kier molecular flexibility index (Phi) is 15.0. The van der Waals surface area contributed by atoms with Crippen molar-refractivity contribution in [3.05, 3.63) is 126 Å². The molecule has 2 N–H and O–H groups in total. The van der Waals surface area contributed by atoms with E-state index in [2.05, 4.69) is 41.9 Å². The second kappa shape index (κ2) is 20.8. The van der Waals surface area contributed by atoms with E-state index >= 15 is 0 Å². The fourth-order valence-electron chi connectivity index (χ4n) is 9.81. The summed E-state index contributed by atoms with van der Waals surface area (Å²) in [5.41, 5.74) is 5.27. The van der Waals surface area contributed by atoms with Gasteiger partial charge in [0.25, 0.3) is 0 Å². The molecule has 7 rings (SSSR count). The van der Waals surface area contributed by atoms with Crippen LogP contribution in [0.25, 0.3) is 10.8 Å². The van der Waals surface area contributed by atoms with E-state index in [-0.39, 0.29) is 69.6 Å². The number of carbonyl (C=O) groups is 1. The summed E-state index contributed by atoms with van der Waals surface area (Å²) < 4.78 is 26.8. The van der Waals surface area contributed by atoms with E-state index in [1.807, 2.05) is 61.5 Å². The van der Waals surface area contributed by atoms with Gasteiger partial charge in [-0.25, -0.2) is 4.79 Å². The van der Waals surface area contributed by atoms with Gasteiger partial charge in [-0.2, -0.15) is 0 Å². The average molecular weight is 852 g/mol. The Hall–Kier alpha value is -4.94. The number of hydrogen-bond acceptors (Lipinski definition) is 10. The lowest BCUT2D eigenvalue weighted by Gasteiger charge is -2.59. The average Bonchev–Trinajstić information content (AvgIpc) is 3.27. The zero-order chi connectivity index (χ0) is 42.8. The first-order valence-electron chi connectivity index (χ1n) is 21.5. The summed E-state index contributed by atoms with van der Waals surface area (Å²) in [5, 5.41) is 26.6. The van der Waals surface area contributed by atoms with Gasteiger partial charge < -0.3 is 34.0 Å². The highest BCUT2D eigenvalue weighted by atomic mass is 35.5. The van der Waals surface area contributed by atoms with Gasteiger partial charge >= 0.3 is 6.09 Å². The van der Waals surface area contributed by atoms with Crippen LogP contribution < -0.4 is 9.47 Å². The van der Waals surface area contributed by atoms with Crippen LogP contribution in [0.4, 0.5) is 4.79 Å². The summed E-state index contributed by atoms with van der Waals surface area (Å²) in [4.78, 5) is 26.6. The number of carbonyl (C=O) groups excluding carboxylic acids is 1. The SMILES string of the molecule is C=CCO[C@@]12Oc3ccc(OCc4cccc(C)n4)cc3[C@H]3[C@H](CCCCO)[C@@H](CCCCO)C=C(C(=NOC)C[C@@H]1N(Cc1cccc4ccccc14)C(=O)OCCCl)[C@H]32. The van der Waals surface area contributed by atoms with Crippen LogP contribution in [0.1, 0.15) is 73.4 Å². The maximum absolute atomic E-state index is 14.6. The molecule has 3 aromatic carbocycles. The highest BCUT2D eigenvalue weighted by molar-refractivity contribution is 6.18. The number of fused-ring (bicyclic) bond motifs is 3. The summed E-state index contributed by atoms with van der Waals surface area (Å²) >= 11 is 6.13. The summed E-state index contributed by atoms with van der Waals surface area (Å²) in [6, 6.07) is 25.3. The number of benzene rings is 3. The number of pyridine rings is 1. The molecule has 0 unspecified atom stereocenters. The van der Waals surface area contributed by atoms with Gasteiger partial charge in [0.2, 0.25) is 5.79 Å². The van der Waals surface area contributed by atoms with Gasteiger partial charge in [-0.05, 0) is 96.7 Å². The predicted molar refractivity (Wildman–Crippen MR) is 237 cm³/mol. The lowest BCUT2D eigenvalue weighted by atomic mass is 9.55. The number of halogens is 1. The van der Waals surface area contributed by atoms with Crippen molar-refractivity contribution in [3.8, 4) is 11.5 Å². The van der Waals surface area contributed by atoms with Crippen LogP contribution >= 0.6 is 11.6 Å². The molecule has 61 heavy (non-hydrogen) atoms. The van der Waals surface area contributed by atoms with Gasteiger partial charge in [-0.15, -0.1) is 18.2 Å². The first-order valence-corrected chi connectivity index (χ1v) is 22.0. The fraction of sp³-hybridized carbons (Fsp3) is 0.449. The first-order chi connectivity index (χ1) is 29.8. The molecule has 0 bridgehead atoms. The van der Waals surface area contributed by atoms with E-state index in [1.54, 1.807) is 11.0 Å². The van der Waals surface area contributed by atoms with Gasteiger partial charge in [0.15, 0.2) is 0 Å². The van der Waals surface area contributed by atoms with E-state index < -0.39 is 23.8 Å². The number of aryl methyl sites for hydroxylation is 1. The number of amides is 1. The van der Waals surface area contributed by atoms with Crippen molar-refractivity contribution in [2.24, 2.45) is 22.9 Å². The Morgan fingerprint density at radius 2 is 1.82 bits per heavy atom. The van der Waals surface area contributed by atoms with Crippen molar-refractivity contribution in [3.63, 3.8) is 0 Å². The lowest BCUT2D eigenvalue weighted by Crippen LogP contribution is -2.70. The fourth-order valence-corrected chi connectivity index (χ4v) is 9.89. The number of aromatic nitrogens is 1. The van der Waals surface area contributed by atoms with Crippen molar-refractivity contribution in [2.75, 3.05) is 39.4 Å². The Morgan fingerprint density at radius 3 is 2.59 bits per heavy atom. The monoisotopic (exact) mass is 851 g/mol. The number of hydrogen-bond donors (Lipinski definition) is 2. The number of aliphatic hydroxyl groups is 2. The molecule has 3 aliphatic rings. The van der Waals surface area contributed by atoms with Crippen LogP contribution in [-0.4, -0.2) is 83.1 Å². The number of oxime groups is 1. The van der Waals surface area contributed by atoms with E-state index in [4.69, 9.17) is 40.5 Å². The highest BCUT2D eigenvalue weighted by Crippen LogP contribution is 2.62. The first kappa shape index (κ1) is 44.1. The van der Waals surface area contributed by atoms with Gasteiger partial charge in [-0.3, -0.25) is 9.88 Å². The number of alkyl halides is 1. The molecule has 324 valence electrons. The van der Waals surface area contributed by atoms with Crippen LogP contribution in [0.3, 0.4) is 0 Å². The van der Waals surface area contributed by atoms with Gasteiger partial charge in [0, 0.05) is 36.8 Å². The van der Waals surface area contributed by atoms with Crippen LogP contribution in [0.2, 0.25) is 0 Å². The minimum absolute atomic E-state index is 0.0167. The number of ether oxygens (including phenoxy) is 4. The molecule has 1 saturated carbocycles. The predicted octanol–water partition coefficient (Wildman–Crippen LogP) is 9.26. The Labute approximate surface area is 363 Å². The van der Waals surface area contributed by atoms with E-state index in [0.717, 1.165) is 64.5 Å². The van der Waals surface area contributed by atoms with E-state index in [9.17, 15) is 15.0 Å². The molecule has 1 fully saturated rings. The maximum atomic E-state index is 14.6. The normalized spacial score (nSPS) is 23.3. The zero-order valence-corrected chi connectivity index (χ0v) is 36.0. The third-order valence-electron chi connectivity index (χ3n) is 12.3. The van der Waals surface area contributed by atoms with E-state index in [1.165, 1.54) is 7.11 Å². The largest absolute Gasteiger partial charge is 0.487 e. The molecule has 1 amide bonds. The Bertz CT molecular complexity index is 2190.